The average molecular weight is 279 g/mol. The van der Waals surface area contributed by atoms with Crippen molar-refractivity contribution in [1.29, 1.82) is 0 Å². The van der Waals surface area contributed by atoms with Crippen molar-refractivity contribution in [3.63, 3.8) is 0 Å². The van der Waals surface area contributed by atoms with Crippen molar-refractivity contribution >= 4 is 11.9 Å². The van der Waals surface area contributed by atoms with Crippen molar-refractivity contribution < 1.29 is 19.1 Å². The summed E-state index contributed by atoms with van der Waals surface area (Å²) in [6, 6.07) is 5.13. The Kier molecular flexibility index (Phi) is 4.37. The van der Waals surface area contributed by atoms with Gasteiger partial charge in [0.15, 0.2) is 0 Å². The van der Waals surface area contributed by atoms with E-state index < -0.39 is 23.7 Å². The van der Waals surface area contributed by atoms with Gasteiger partial charge in [0.2, 0.25) is 5.91 Å². The zero-order valence-electron chi connectivity index (χ0n) is 11.4. The number of hydrogen-bond donors (Lipinski definition) is 1. The number of rotatable bonds is 3. The largest absolute Gasteiger partial charge is 0.480 e. The van der Waals surface area contributed by atoms with Crippen molar-refractivity contribution in [1.82, 2.24) is 4.90 Å². The molecular formula is C15H18FNO3. The lowest BCUT2D eigenvalue weighted by Gasteiger charge is -2.34. The van der Waals surface area contributed by atoms with E-state index in [-0.39, 0.29) is 5.91 Å². The van der Waals surface area contributed by atoms with Gasteiger partial charge in [-0.25, -0.2) is 9.18 Å². The van der Waals surface area contributed by atoms with E-state index in [0.29, 0.717) is 18.5 Å². The van der Waals surface area contributed by atoms with E-state index in [9.17, 15) is 19.1 Å². The third-order valence-corrected chi connectivity index (χ3v) is 3.79. The third kappa shape index (κ3) is 2.98. The lowest BCUT2D eigenvalue weighted by molar-refractivity contribution is -0.152. The molecule has 0 aromatic heterocycles. The standard InChI is InChI=1S/C15H18FNO3/c1-10(11-5-4-6-12(16)9-11)14(18)17-8-3-2-7-13(17)15(19)20/h4-6,9-10,13H,2-3,7-8H2,1H3,(H,19,20)/t10-,13-/m1/s1. The van der Waals surface area contributed by atoms with E-state index in [1.165, 1.54) is 17.0 Å². The summed E-state index contributed by atoms with van der Waals surface area (Å²) in [7, 11) is 0. The summed E-state index contributed by atoms with van der Waals surface area (Å²) in [6.45, 7) is 2.14. The van der Waals surface area contributed by atoms with Gasteiger partial charge in [0.05, 0.1) is 5.92 Å². The lowest BCUT2D eigenvalue weighted by Crippen LogP contribution is -2.49. The molecule has 0 aliphatic carbocycles. The minimum Gasteiger partial charge on any atom is -0.480 e. The van der Waals surface area contributed by atoms with Crippen LogP contribution in [-0.2, 0) is 9.59 Å². The Morgan fingerprint density at radius 3 is 2.80 bits per heavy atom. The van der Waals surface area contributed by atoms with E-state index in [2.05, 4.69) is 0 Å². The van der Waals surface area contributed by atoms with Crippen LogP contribution in [0.15, 0.2) is 24.3 Å². The molecule has 20 heavy (non-hydrogen) atoms. The van der Waals surface area contributed by atoms with Crippen molar-refractivity contribution in [3.8, 4) is 0 Å². The highest BCUT2D eigenvalue weighted by molar-refractivity contribution is 5.88. The maximum absolute atomic E-state index is 13.2. The first-order chi connectivity index (χ1) is 9.50. The molecule has 1 aromatic carbocycles. The molecule has 1 aromatic rings. The highest BCUT2D eigenvalue weighted by Gasteiger charge is 2.34. The first kappa shape index (κ1) is 14.5. The van der Waals surface area contributed by atoms with Gasteiger partial charge in [0, 0.05) is 6.54 Å². The van der Waals surface area contributed by atoms with Gasteiger partial charge in [0.25, 0.3) is 0 Å². The van der Waals surface area contributed by atoms with E-state index in [4.69, 9.17) is 0 Å². The SMILES string of the molecule is C[C@@H](C(=O)N1CCCC[C@@H]1C(=O)O)c1cccc(F)c1. The summed E-state index contributed by atoms with van der Waals surface area (Å²) >= 11 is 0. The molecule has 0 bridgehead atoms. The number of halogens is 1. The average Bonchev–Trinajstić information content (AvgIpc) is 2.45. The van der Waals surface area contributed by atoms with Crippen LogP contribution in [0.25, 0.3) is 0 Å². The number of hydrogen-bond acceptors (Lipinski definition) is 2. The number of carbonyl (C=O) groups is 2. The number of carbonyl (C=O) groups excluding carboxylic acids is 1. The molecule has 0 unspecified atom stereocenters. The van der Waals surface area contributed by atoms with Crippen LogP contribution in [0.2, 0.25) is 0 Å². The highest BCUT2D eigenvalue weighted by Crippen LogP contribution is 2.24. The molecule has 2 atom stereocenters. The molecule has 0 spiro atoms. The fraction of sp³-hybridized carbons (Fsp3) is 0.467. The van der Waals surface area contributed by atoms with Crippen LogP contribution in [0.5, 0.6) is 0 Å². The van der Waals surface area contributed by atoms with E-state index >= 15 is 0 Å². The highest BCUT2D eigenvalue weighted by atomic mass is 19.1. The van der Waals surface area contributed by atoms with Crippen LogP contribution < -0.4 is 0 Å². The van der Waals surface area contributed by atoms with Crippen LogP contribution in [0.1, 0.15) is 37.7 Å². The molecule has 1 N–H and O–H groups in total. The topological polar surface area (TPSA) is 57.6 Å². The van der Waals surface area contributed by atoms with Crippen LogP contribution >= 0.6 is 0 Å². The molecule has 1 aliphatic rings. The fourth-order valence-corrected chi connectivity index (χ4v) is 2.62. The van der Waals surface area contributed by atoms with Gasteiger partial charge in [-0.05, 0) is 43.9 Å². The normalized spacial score (nSPS) is 20.5. The van der Waals surface area contributed by atoms with Gasteiger partial charge in [-0.1, -0.05) is 12.1 Å². The predicted octanol–water partition coefficient (Wildman–Crippen LogP) is 2.39. The second-order valence-electron chi connectivity index (χ2n) is 5.16. The Morgan fingerprint density at radius 1 is 1.40 bits per heavy atom. The van der Waals surface area contributed by atoms with Gasteiger partial charge < -0.3 is 10.0 Å². The summed E-state index contributed by atoms with van der Waals surface area (Å²) in [6.07, 6.45) is 2.11. The van der Waals surface area contributed by atoms with Crippen molar-refractivity contribution in [2.45, 2.75) is 38.1 Å². The number of carboxylic acid groups (broad SMARTS) is 1. The van der Waals surface area contributed by atoms with Crippen LogP contribution in [0, 0.1) is 5.82 Å². The summed E-state index contributed by atoms with van der Waals surface area (Å²) in [5.74, 6) is -2.14. The zero-order valence-corrected chi connectivity index (χ0v) is 11.4. The van der Waals surface area contributed by atoms with E-state index in [1.807, 2.05) is 0 Å². The number of piperidine rings is 1. The van der Waals surface area contributed by atoms with Crippen molar-refractivity contribution in [2.24, 2.45) is 0 Å². The first-order valence-electron chi connectivity index (χ1n) is 6.79. The van der Waals surface area contributed by atoms with E-state index in [1.54, 1.807) is 19.1 Å². The number of aliphatic carboxylic acids is 1. The lowest BCUT2D eigenvalue weighted by atomic mass is 9.95. The summed E-state index contributed by atoms with van der Waals surface area (Å²) in [5.41, 5.74) is 0.574. The summed E-state index contributed by atoms with van der Waals surface area (Å²) in [5, 5.41) is 9.20. The summed E-state index contributed by atoms with van der Waals surface area (Å²) < 4.78 is 13.2. The minimum absolute atomic E-state index is 0.247. The number of carboxylic acids is 1. The number of benzene rings is 1. The molecule has 1 heterocycles. The molecule has 4 nitrogen and oxygen atoms in total. The Balaban J connectivity index is 2.18. The third-order valence-electron chi connectivity index (χ3n) is 3.79. The molecule has 2 rings (SSSR count). The van der Waals surface area contributed by atoms with Crippen LogP contribution in [-0.4, -0.2) is 34.5 Å². The maximum atomic E-state index is 13.2. The second-order valence-corrected chi connectivity index (χ2v) is 5.16. The molecule has 1 amide bonds. The number of nitrogens with zero attached hydrogens (tertiary/aromatic N) is 1. The zero-order chi connectivity index (χ0) is 14.7. The van der Waals surface area contributed by atoms with Crippen molar-refractivity contribution in [2.75, 3.05) is 6.54 Å². The van der Waals surface area contributed by atoms with Gasteiger partial charge in [0.1, 0.15) is 11.9 Å². The fourth-order valence-electron chi connectivity index (χ4n) is 2.62. The van der Waals surface area contributed by atoms with Gasteiger partial charge in [-0.3, -0.25) is 4.79 Å². The van der Waals surface area contributed by atoms with Gasteiger partial charge >= 0.3 is 5.97 Å². The Morgan fingerprint density at radius 2 is 2.15 bits per heavy atom. The quantitative estimate of drug-likeness (QED) is 0.924. The van der Waals surface area contributed by atoms with Gasteiger partial charge in [-0.15, -0.1) is 0 Å². The number of likely N-dealkylation sites (tertiary alicyclic amines) is 1. The molecular weight excluding hydrogens is 261 g/mol. The predicted molar refractivity (Wildman–Crippen MR) is 71.8 cm³/mol. The molecule has 1 fully saturated rings. The first-order valence-corrected chi connectivity index (χ1v) is 6.79. The minimum atomic E-state index is -0.968. The molecule has 1 aliphatic heterocycles. The van der Waals surface area contributed by atoms with Crippen LogP contribution in [0.3, 0.4) is 0 Å². The summed E-state index contributed by atoms with van der Waals surface area (Å²) in [4.78, 5) is 25.1. The molecule has 0 radical (unpaired) electrons. The number of amides is 1. The van der Waals surface area contributed by atoms with Crippen LogP contribution in [0.4, 0.5) is 4.39 Å². The van der Waals surface area contributed by atoms with E-state index in [0.717, 1.165) is 12.8 Å². The van der Waals surface area contributed by atoms with Crippen molar-refractivity contribution in [3.05, 3.63) is 35.6 Å². The molecule has 108 valence electrons. The Labute approximate surface area is 117 Å². The monoisotopic (exact) mass is 279 g/mol. The molecule has 5 heteroatoms. The maximum Gasteiger partial charge on any atom is 0.326 e. The molecule has 1 saturated heterocycles. The second kappa shape index (κ2) is 6.03. The Hall–Kier alpha value is -1.91. The Bertz CT molecular complexity index is 518. The van der Waals surface area contributed by atoms with Gasteiger partial charge in [-0.2, -0.15) is 0 Å². The molecule has 0 saturated carbocycles. The smallest absolute Gasteiger partial charge is 0.326 e.